The molecular weight excluding hydrogens is 304 g/mol. The largest absolute Gasteiger partial charge is 0.369 e. The third-order valence-corrected chi connectivity index (χ3v) is 4.10. The number of pyridine rings is 1. The van der Waals surface area contributed by atoms with Crippen LogP contribution in [0.5, 0.6) is 0 Å². The first-order chi connectivity index (χ1) is 11.6. The van der Waals surface area contributed by atoms with Crippen LogP contribution < -0.4 is 11.1 Å². The summed E-state index contributed by atoms with van der Waals surface area (Å²) in [7, 11) is 0. The zero-order chi connectivity index (χ0) is 16.9. The Morgan fingerprint density at radius 1 is 1.33 bits per heavy atom. The summed E-state index contributed by atoms with van der Waals surface area (Å²) in [5.41, 5.74) is 7.18. The maximum Gasteiger partial charge on any atom is 0.231 e. The third kappa shape index (κ3) is 4.26. The zero-order valence-corrected chi connectivity index (χ0v) is 13.8. The van der Waals surface area contributed by atoms with Crippen molar-refractivity contribution in [2.24, 2.45) is 5.73 Å². The molecular formula is C17H22N6O. The molecule has 0 bridgehead atoms. The number of carbonyl (C=O) groups excluding carboxylic acids is 1. The first-order valence-electron chi connectivity index (χ1n) is 8.13. The minimum atomic E-state index is -0.289. The van der Waals surface area contributed by atoms with E-state index in [1.165, 1.54) is 0 Å². The van der Waals surface area contributed by atoms with Crippen LogP contribution in [-0.4, -0.2) is 45.4 Å². The van der Waals surface area contributed by atoms with E-state index in [0.717, 1.165) is 43.1 Å². The Kier molecular flexibility index (Phi) is 5.00. The maximum atomic E-state index is 11.1. The van der Waals surface area contributed by atoms with Gasteiger partial charge in [0, 0.05) is 24.4 Å². The van der Waals surface area contributed by atoms with Crippen molar-refractivity contribution < 1.29 is 4.79 Å². The van der Waals surface area contributed by atoms with E-state index in [-0.39, 0.29) is 11.8 Å². The molecule has 7 heteroatoms. The lowest BCUT2D eigenvalue weighted by molar-refractivity contribution is -0.119. The van der Waals surface area contributed by atoms with Crippen molar-refractivity contribution in [2.45, 2.75) is 25.7 Å². The van der Waals surface area contributed by atoms with Crippen molar-refractivity contribution >= 4 is 17.5 Å². The molecule has 126 valence electrons. The van der Waals surface area contributed by atoms with Crippen molar-refractivity contribution in [2.75, 3.05) is 25.0 Å². The Morgan fingerprint density at radius 2 is 2.21 bits per heavy atom. The Hall–Kier alpha value is -2.54. The number of anilines is 2. The molecule has 2 aromatic rings. The monoisotopic (exact) mass is 326 g/mol. The maximum absolute atomic E-state index is 11.1. The summed E-state index contributed by atoms with van der Waals surface area (Å²) < 4.78 is 0. The van der Waals surface area contributed by atoms with E-state index in [9.17, 15) is 4.79 Å². The lowest BCUT2D eigenvalue weighted by atomic mass is 9.95. The summed E-state index contributed by atoms with van der Waals surface area (Å²) in [6, 6.07) is 5.80. The van der Waals surface area contributed by atoms with Gasteiger partial charge in [0.25, 0.3) is 0 Å². The Bertz CT molecular complexity index is 720. The van der Waals surface area contributed by atoms with Gasteiger partial charge in [-0.1, -0.05) is 6.07 Å². The van der Waals surface area contributed by atoms with Gasteiger partial charge in [-0.25, -0.2) is 9.97 Å². The van der Waals surface area contributed by atoms with Gasteiger partial charge < -0.3 is 11.1 Å². The Morgan fingerprint density at radius 3 is 3.00 bits per heavy atom. The normalized spacial score (nSPS) is 18.3. The number of aromatic nitrogens is 3. The minimum absolute atomic E-state index is 0.262. The molecule has 1 fully saturated rings. The molecule has 0 saturated carbocycles. The summed E-state index contributed by atoms with van der Waals surface area (Å²) in [5.74, 6) is 1.40. The molecule has 7 nitrogen and oxygen atoms in total. The van der Waals surface area contributed by atoms with Gasteiger partial charge in [-0.3, -0.25) is 14.7 Å². The number of carbonyl (C=O) groups is 1. The molecule has 0 radical (unpaired) electrons. The highest BCUT2D eigenvalue weighted by molar-refractivity contribution is 5.75. The van der Waals surface area contributed by atoms with E-state index in [2.05, 4.69) is 25.2 Å². The quantitative estimate of drug-likeness (QED) is 0.866. The summed E-state index contributed by atoms with van der Waals surface area (Å²) in [4.78, 5) is 26.6. The van der Waals surface area contributed by atoms with Gasteiger partial charge in [-0.05, 0) is 38.4 Å². The van der Waals surface area contributed by atoms with Crippen LogP contribution >= 0.6 is 0 Å². The Labute approximate surface area is 141 Å². The van der Waals surface area contributed by atoms with Crippen LogP contribution in [0.25, 0.3) is 0 Å². The molecule has 2 aromatic heterocycles. The van der Waals surface area contributed by atoms with Crippen molar-refractivity contribution in [1.82, 2.24) is 19.9 Å². The summed E-state index contributed by atoms with van der Waals surface area (Å²) in [6.07, 6.45) is 5.55. The van der Waals surface area contributed by atoms with E-state index < -0.39 is 0 Å². The van der Waals surface area contributed by atoms with Crippen LogP contribution in [0.4, 0.5) is 11.6 Å². The number of hydrogen-bond acceptors (Lipinski definition) is 6. The first-order valence-corrected chi connectivity index (χ1v) is 8.13. The number of hydrogen-bond donors (Lipinski definition) is 2. The lowest BCUT2D eigenvalue weighted by Crippen LogP contribution is -2.40. The first kappa shape index (κ1) is 16.3. The second-order valence-electron chi connectivity index (χ2n) is 6.16. The summed E-state index contributed by atoms with van der Waals surface area (Å²) >= 11 is 0. The number of nitrogens with two attached hydrogens (primary N) is 1. The van der Waals surface area contributed by atoms with Crippen molar-refractivity contribution in [3.8, 4) is 0 Å². The van der Waals surface area contributed by atoms with Gasteiger partial charge in [-0.15, -0.1) is 0 Å². The SMILES string of the molecule is Cc1cccc(Nc2cncc([C@@H]3CCCN(CC(N)=O)C3)n2)n1. The molecule has 1 aliphatic heterocycles. The number of amides is 1. The summed E-state index contributed by atoms with van der Waals surface area (Å²) in [5, 5.41) is 3.20. The second-order valence-corrected chi connectivity index (χ2v) is 6.16. The fraction of sp³-hybridized carbons (Fsp3) is 0.412. The van der Waals surface area contributed by atoms with Crippen molar-refractivity contribution in [3.63, 3.8) is 0 Å². The van der Waals surface area contributed by atoms with Gasteiger partial charge in [-0.2, -0.15) is 0 Å². The highest BCUT2D eigenvalue weighted by atomic mass is 16.1. The second kappa shape index (κ2) is 7.35. The molecule has 0 aromatic carbocycles. The van der Waals surface area contributed by atoms with Gasteiger partial charge >= 0.3 is 0 Å². The molecule has 24 heavy (non-hydrogen) atoms. The van der Waals surface area contributed by atoms with Gasteiger partial charge in [0.2, 0.25) is 5.91 Å². The lowest BCUT2D eigenvalue weighted by Gasteiger charge is -2.31. The average Bonchev–Trinajstić information content (AvgIpc) is 2.55. The predicted molar refractivity (Wildman–Crippen MR) is 91.9 cm³/mol. The van der Waals surface area contributed by atoms with E-state index in [1.54, 1.807) is 12.4 Å². The number of nitrogens with one attached hydrogen (secondary N) is 1. The highest BCUT2D eigenvalue weighted by Crippen LogP contribution is 2.26. The number of primary amides is 1. The third-order valence-electron chi connectivity index (χ3n) is 4.10. The van der Waals surface area contributed by atoms with E-state index in [4.69, 9.17) is 5.73 Å². The standard InChI is InChI=1S/C17H22N6O/c1-12-4-2-6-16(20-12)22-17-9-19-8-14(21-17)13-5-3-7-23(10-13)11-15(18)24/h2,4,6,8-9,13H,3,5,7,10-11H2,1H3,(H2,18,24)(H,20,21,22)/t13-/m1/s1. The molecule has 0 aliphatic carbocycles. The van der Waals surface area contributed by atoms with Crippen LogP contribution in [0.2, 0.25) is 0 Å². The van der Waals surface area contributed by atoms with Gasteiger partial charge in [0.1, 0.15) is 11.6 Å². The number of likely N-dealkylation sites (tertiary alicyclic amines) is 1. The molecule has 0 spiro atoms. The van der Waals surface area contributed by atoms with E-state index in [1.807, 2.05) is 25.1 Å². The molecule has 1 saturated heterocycles. The summed E-state index contributed by atoms with van der Waals surface area (Å²) in [6.45, 7) is 3.93. The molecule has 1 amide bonds. The zero-order valence-electron chi connectivity index (χ0n) is 13.8. The number of nitrogens with zero attached hydrogens (tertiary/aromatic N) is 4. The van der Waals surface area contributed by atoms with Crippen molar-refractivity contribution in [1.29, 1.82) is 0 Å². The highest BCUT2D eigenvalue weighted by Gasteiger charge is 2.23. The van der Waals surface area contributed by atoms with Crippen molar-refractivity contribution in [3.05, 3.63) is 42.0 Å². The molecule has 1 atom stereocenters. The van der Waals surface area contributed by atoms with Gasteiger partial charge in [0.15, 0.2) is 0 Å². The smallest absolute Gasteiger partial charge is 0.231 e. The van der Waals surface area contributed by atoms with Crippen LogP contribution in [-0.2, 0) is 4.79 Å². The fourth-order valence-electron chi connectivity index (χ4n) is 3.04. The van der Waals surface area contributed by atoms with Crippen LogP contribution in [0.1, 0.15) is 30.1 Å². The van der Waals surface area contributed by atoms with Crippen LogP contribution in [0, 0.1) is 6.92 Å². The molecule has 0 unspecified atom stereocenters. The molecule has 1 aliphatic rings. The van der Waals surface area contributed by atoms with E-state index >= 15 is 0 Å². The Balaban J connectivity index is 1.71. The van der Waals surface area contributed by atoms with Crippen LogP contribution in [0.3, 0.4) is 0 Å². The topological polar surface area (TPSA) is 97.0 Å². The number of aryl methyl sites for hydroxylation is 1. The molecule has 3 rings (SSSR count). The predicted octanol–water partition coefficient (Wildman–Crippen LogP) is 1.59. The van der Waals surface area contributed by atoms with Crippen LogP contribution in [0.15, 0.2) is 30.6 Å². The molecule has 3 N–H and O–H groups in total. The number of piperidine rings is 1. The fourth-order valence-corrected chi connectivity index (χ4v) is 3.04. The van der Waals surface area contributed by atoms with Gasteiger partial charge in [0.05, 0.1) is 18.4 Å². The average molecular weight is 326 g/mol. The van der Waals surface area contributed by atoms with E-state index in [0.29, 0.717) is 12.4 Å². The number of rotatable bonds is 5. The molecule has 3 heterocycles. The minimum Gasteiger partial charge on any atom is -0.369 e.